The van der Waals surface area contributed by atoms with Crippen molar-refractivity contribution >= 4 is 34.7 Å². The third-order valence-electron chi connectivity index (χ3n) is 3.68. The van der Waals surface area contributed by atoms with Gasteiger partial charge in [0.25, 0.3) is 0 Å². The predicted molar refractivity (Wildman–Crippen MR) is 90.5 cm³/mol. The van der Waals surface area contributed by atoms with Gasteiger partial charge in [-0.2, -0.15) is 0 Å². The molecule has 22 heavy (non-hydrogen) atoms. The number of aromatic nitrogens is 2. The quantitative estimate of drug-likeness (QED) is 0.804. The second-order valence-electron chi connectivity index (χ2n) is 5.11. The van der Waals surface area contributed by atoms with Crippen molar-refractivity contribution in [2.24, 2.45) is 0 Å². The smallest absolute Gasteiger partial charge is 0.235 e. The highest BCUT2D eigenvalue weighted by atomic mass is 32.2. The Morgan fingerprint density at radius 3 is 2.59 bits per heavy atom. The lowest BCUT2D eigenvalue weighted by molar-refractivity contribution is -0.130. The molecule has 0 N–H and O–H groups in total. The molecular formula is C15H18N4OS2. The van der Waals surface area contributed by atoms with Crippen LogP contribution >= 0.6 is 23.1 Å². The molecule has 1 aromatic carbocycles. The van der Waals surface area contributed by atoms with Gasteiger partial charge in [0.1, 0.15) is 5.51 Å². The van der Waals surface area contributed by atoms with Crippen LogP contribution in [-0.4, -0.2) is 52.4 Å². The lowest BCUT2D eigenvalue weighted by atomic mass is 10.2. The van der Waals surface area contributed by atoms with Gasteiger partial charge < -0.3 is 9.80 Å². The summed E-state index contributed by atoms with van der Waals surface area (Å²) in [5.41, 5.74) is 2.92. The zero-order valence-corrected chi connectivity index (χ0v) is 14.0. The fourth-order valence-electron chi connectivity index (χ4n) is 2.50. The third kappa shape index (κ3) is 3.59. The van der Waals surface area contributed by atoms with Gasteiger partial charge in [-0.15, -0.1) is 10.2 Å². The molecule has 1 aromatic heterocycles. The summed E-state index contributed by atoms with van der Waals surface area (Å²) in [6, 6.07) is 10.4. The highest BCUT2D eigenvalue weighted by Gasteiger charge is 2.26. The van der Waals surface area contributed by atoms with Crippen molar-refractivity contribution in [1.29, 1.82) is 0 Å². The first-order valence-corrected chi connectivity index (χ1v) is 9.01. The molecule has 1 aliphatic heterocycles. The fraction of sp³-hybridized carbons (Fsp3) is 0.400. The van der Waals surface area contributed by atoms with Crippen molar-refractivity contribution < 1.29 is 4.79 Å². The van der Waals surface area contributed by atoms with Crippen LogP contribution in [0.2, 0.25) is 0 Å². The van der Waals surface area contributed by atoms with E-state index in [1.807, 2.05) is 30.0 Å². The summed E-state index contributed by atoms with van der Waals surface area (Å²) in [5, 5.41) is 7.68. The molecule has 2 heterocycles. The summed E-state index contributed by atoms with van der Waals surface area (Å²) in [5.74, 6) is 0.188. The maximum Gasteiger partial charge on any atom is 0.235 e. The molecule has 0 bridgehead atoms. The van der Waals surface area contributed by atoms with E-state index in [0.717, 1.165) is 30.5 Å². The van der Waals surface area contributed by atoms with Crippen molar-refractivity contribution in [1.82, 2.24) is 15.1 Å². The molecule has 3 rings (SSSR count). The number of amides is 1. The van der Waals surface area contributed by atoms with Crippen LogP contribution in [0.1, 0.15) is 6.92 Å². The minimum absolute atomic E-state index is 0.115. The first kappa shape index (κ1) is 15.3. The van der Waals surface area contributed by atoms with Crippen LogP contribution < -0.4 is 4.90 Å². The molecule has 1 saturated heterocycles. The highest BCUT2D eigenvalue weighted by Crippen LogP contribution is 2.26. The van der Waals surface area contributed by atoms with Crippen LogP contribution in [0.4, 0.5) is 5.69 Å². The second kappa shape index (κ2) is 7.11. The fourth-order valence-corrected chi connectivity index (χ4v) is 4.21. The summed E-state index contributed by atoms with van der Waals surface area (Å²) in [4.78, 5) is 16.8. The number of hydrogen-bond donors (Lipinski definition) is 0. The van der Waals surface area contributed by atoms with Gasteiger partial charge in [0.15, 0.2) is 4.34 Å². The zero-order chi connectivity index (χ0) is 15.4. The molecule has 0 radical (unpaired) electrons. The van der Waals surface area contributed by atoms with E-state index in [0.29, 0.717) is 0 Å². The summed E-state index contributed by atoms with van der Waals surface area (Å²) in [7, 11) is 0. The average molecular weight is 334 g/mol. The Labute approximate surface area is 138 Å². The van der Waals surface area contributed by atoms with E-state index in [2.05, 4.69) is 27.2 Å². The highest BCUT2D eigenvalue weighted by molar-refractivity contribution is 8.02. The molecule has 1 amide bonds. The van der Waals surface area contributed by atoms with Crippen LogP contribution in [0.3, 0.4) is 0 Å². The van der Waals surface area contributed by atoms with E-state index >= 15 is 0 Å². The Bertz CT molecular complexity index is 597. The van der Waals surface area contributed by atoms with Gasteiger partial charge in [0, 0.05) is 31.9 Å². The monoisotopic (exact) mass is 334 g/mol. The summed E-state index contributed by atoms with van der Waals surface area (Å²) in [6.45, 7) is 5.25. The number of anilines is 1. The molecule has 0 aliphatic carbocycles. The number of hydrogen-bond acceptors (Lipinski definition) is 6. The van der Waals surface area contributed by atoms with Gasteiger partial charge in [-0.25, -0.2) is 0 Å². The first-order chi connectivity index (χ1) is 10.7. The van der Waals surface area contributed by atoms with Gasteiger partial charge in [-0.3, -0.25) is 4.79 Å². The molecule has 0 unspecified atom stereocenters. The Hall–Kier alpha value is -1.60. The van der Waals surface area contributed by atoms with E-state index < -0.39 is 0 Å². The Kier molecular flexibility index (Phi) is 4.94. The number of carbonyl (C=O) groups is 1. The molecule has 0 spiro atoms. The van der Waals surface area contributed by atoms with Crippen LogP contribution in [0.5, 0.6) is 0 Å². The molecule has 1 aliphatic rings. The van der Waals surface area contributed by atoms with Gasteiger partial charge in [-0.1, -0.05) is 41.3 Å². The molecule has 1 atom stereocenters. The van der Waals surface area contributed by atoms with Crippen LogP contribution in [0.25, 0.3) is 0 Å². The van der Waals surface area contributed by atoms with Crippen LogP contribution in [-0.2, 0) is 4.79 Å². The maximum absolute atomic E-state index is 12.5. The summed E-state index contributed by atoms with van der Waals surface area (Å²) < 4.78 is 0.851. The molecule has 1 fully saturated rings. The van der Waals surface area contributed by atoms with Gasteiger partial charge >= 0.3 is 0 Å². The van der Waals surface area contributed by atoms with Crippen molar-refractivity contribution in [2.45, 2.75) is 16.5 Å². The lowest BCUT2D eigenvalue weighted by Crippen LogP contribution is -2.50. The summed E-state index contributed by atoms with van der Waals surface area (Å²) >= 11 is 2.96. The van der Waals surface area contributed by atoms with Crippen molar-refractivity contribution in [3.05, 3.63) is 35.8 Å². The van der Waals surface area contributed by atoms with E-state index in [4.69, 9.17) is 0 Å². The number of piperazine rings is 1. The topological polar surface area (TPSA) is 49.3 Å². The van der Waals surface area contributed by atoms with E-state index in [-0.39, 0.29) is 11.2 Å². The SMILES string of the molecule is C[C@H](Sc1nncs1)C(=O)N1CCN(c2ccccc2)CC1. The largest absolute Gasteiger partial charge is 0.368 e. The maximum atomic E-state index is 12.5. The molecule has 7 heteroatoms. The van der Waals surface area contributed by atoms with Gasteiger partial charge in [0.05, 0.1) is 5.25 Å². The van der Waals surface area contributed by atoms with E-state index in [1.54, 1.807) is 5.51 Å². The summed E-state index contributed by atoms with van der Waals surface area (Å²) in [6.07, 6.45) is 0. The number of thioether (sulfide) groups is 1. The minimum atomic E-state index is -0.115. The Balaban J connectivity index is 1.53. The van der Waals surface area contributed by atoms with Gasteiger partial charge in [0.2, 0.25) is 5.91 Å². The number of para-hydroxylation sites is 1. The van der Waals surface area contributed by atoms with E-state index in [9.17, 15) is 4.79 Å². The Morgan fingerprint density at radius 1 is 1.23 bits per heavy atom. The van der Waals surface area contributed by atoms with Crippen molar-refractivity contribution in [2.75, 3.05) is 31.1 Å². The van der Waals surface area contributed by atoms with Crippen molar-refractivity contribution in [3.63, 3.8) is 0 Å². The normalized spacial score (nSPS) is 16.6. The minimum Gasteiger partial charge on any atom is -0.368 e. The number of rotatable bonds is 4. The van der Waals surface area contributed by atoms with Crippen LogP contribution in [0, 0.1) is 0 Å². The molecule has 2 aromatic rings. The third-order valence-corrected chi connectivity index (χ3v) is 5.58. The molecule has 0 saturated carbocycles. The molecule has 5 nitrogen and oxygen atoms in total. The number of carbonyl (C=O) groups excluding carboxylic acids is 1. The van der Waals surface area contributed by atoms with Crippen LogP contribution in [0.15, 0.2) is 40.2 Å². The van der Waals surface area contributed by atoms with Gasteiger partial charge in [-0.05, 0) is 19.1 Å². The standard InChI is InChI=1S/C15H18N4OS2/c1-12(22-15-17-16-11-21-15)14(20)19-9-7-18(8-10-19)13-5-3-2-4-6-13/h2-6,11-12H,7-10H2,1H3/t12-/m0/s1. The Morgan fingerprint density at radius 2 is 1.95 bits per heavy atom. The first-order valence-electron chi connectivity index (χ1n) is 7.25. The predicted octanol–water partition coefficient (Wildman–Crippen LogP) is 2.37. The number of benzene rings is 1. The zero-order valence-electron chi connectivity index (χ0n) is 12.4. The molecule has 116 valence electrons. The number of nitrogens with zero attached hydrogens (tertiary/aromatic N) is 4. The lowest BCUT2D eigenvalue weighted by Gasteiger charge is -2.37. The molecular weight excluding hydrogens is 316 g/mol. The van der Waals surface area contributed by atoms with Crippen molar-refractivity contribution in [3.8, 4) is 0 Å². The second-order valence-corrected chi connectivity index (χ2v) is 7.53. The van der Waals surface area contributed by atoms with E-state index in [1.165, 1.54) is 28.8 Å². The average Bonchev–Trinajstić information content (AvgIpc) is 3.08.